The molecule has 1 atom stereocenters. The molecule has 0 aliphatic carbocycles. The summed E-state index contributed by atoms with van der Waals surface area (Å²) in [6.45, 7) is 5.43. The maximum Gasteiger partial charge on any atom is 0.131 e. The highest BCUT2D eigenvalue weighted by Crippen LogP contribution is 2.30. The molecule has 0 radical (unpaired) electrons. The SMILES string of the molecule is Cc1nn(C)c(N2CCCC2C)c1CCl. The van der Waals surface area contributed by atoms with Gasteiger partial charge in [0, 0.05) is 25.2 Å². The lowest BCUT2D eigenvalue weighted by Gasteiger charge is -2.24. The van der Waals surface area contributed by atoms with E-state index >= 15 is 0 Å². The van der Waals surface area contributed by atoms with Crippen molar-refractivity contribution in [1.82, 2.24) is 9.78 Å². The monoisotopic (exact) mass is 227 g/mol. The molecule has 2 rings (SSSR count). The molecule has 1 unspecified atom stereocenters. The van der Waals surface area contributed by atoms with Crippen LogP contribution in [0.4, 0.5) is 5.82 Å². The number of hydrogen-bond acceptors (Lipinski definition) is 2. The molecular weight excluding hydrogens is 210 g/mol. The Bertz CT molecular complexity index is 359. The summed E-state index contributed by atoms with van der Waals surface area (Å²) in [6.07, 6.45) is 2.54. The van der Waals surface area contributed by atoms with Gasteiger partial charge in [-0.3, -0.25) is 4.68 Å². The van der Waals surface area contributed by atoms with Crippen LogP contribution in [0.15, 0.2) is 0 Å². The van der Waals surface area contributed by atoms with Gasteiger partial charge >= 0.3 is 0 Å². The van der Waals surface area contributed by atoms with Crippen molar-refractivity contribution in [2.45, 2.75) is 38.6 Å². The number of nitrogens with zero attached hydrogens (tertiary/aromatic N) is 3. The molecule has 1 aromatic heterocycles. The molecule has 1 aromatic rings. The van der Waals surface area contributed by atoms with Crippen molar-refractivity contribution in [1.29, 1.82) is 0 Å². The summed E-state index contributed by atoms with van der Waals surface area (Å²) in [5.41, 5.74) is 2.24. The third-order valence-corrected chi connectivity index (χ3v) is 3.54. The Morgan fingerprint density at radius 3 is 2.80 bits per heavy atom. The highest BCUT2D eigenvalue weighted by atomic mass is 35.5. The summed E-state index contributed by atoms with van der Waals surface area (Å²) in [5.74, 6) is 1.77. The second-order valence-corrected chi connectivity index (χ2v) is 4.60. The average Bonchev–Trinajstić information content (AvgIpc) is 2.70. The van der Waals surface area contributed by atoms with Crippen LogP contribution in [0, 0.1) is 6.92 Å². The summed E-state index contributed by atoms with van der Waals surface area (Å²) in [4.78, 5) is 2.43. The second kappa shape index (κ2) is 4.05. The molecule has 15 heavy (non-hydrogen) atoms. The Hall–Kier alpha value is -0.700. The van der Waals surface area contributed by atoms with Crippen LogP contribution in [0.3, 0.4) is 0 Å². The lowest BCUT2D eigenvalue weighted by molar-refractivity contribution is 0.677. The van der Waals surface area contributed by atoms with Gasteiger partial charge in [0.1, 0.15) is 5.82 Å². The predicted molar refractivity (Wildman–Crippen MR) is 63.5 cm³/mol. The van der Waals surface area contributed by atoms with E-state index in [1.54, 1.807) is 0 Å². The molecule has 0 amide bonds. The smallest absolute Gasteiger partial charge is 0.131 e. The van der Waals surface area contributed by atoms with Crippen molar-refractivity contribution in [3.63, 3.8) is 0 Å². The van der Waals surface area contributed by atoms with Crippen LogP contribution >= 0.6 is 11.6 Å². The first-order valence-corrected chi connectivity index (χ1v) is 6.03. The van der Waals surface area contributed by atoms with Crippen LogP contribution in [0.25, 0.3) is 0 Å². The number of anilines is 1. The molecule has 0 bridgehead atoms. The number of alkyl halides is 1. The molecule has 0 N–H and O–H groups in total. The first-order chi connectivity index (χ1) is 7.15. The van der Waals surface area contributed by atoms with Gasteiger partial charge in [-0.25, -0.2) is 0 Å². The molecule has 1 fully saturated rings. The standard InChI is InChI=1S/C11H18ClN3/c1-8-5-4-6-15(8)11-10(7-12)9(2)13-14(11)3/h8H,4-7H2,1-3H3. The molecule has 3 nitrogen and oxygen atoms in total. The van der Waals surface area contributed by atoms with E-state index in [1.807, 2.05) is 18.7 Å². The largest absolute Gasteiger partial charge is 0.354 e. The minimum atomic E-state index is 0.554. The van der Waals surface area contributed by atoms with Crippen LogP contribution < -0.4 is 4.90 Å². The highest BCUT2D eigenvalue weighted by molar-refractivity contribution is 6.17. The highest BCUT2D eigenvalue weighted by Gasteiger charge is 2.26. The van der Waals surface area contributed by atoms with E-state index in [0.717, 1.165) is 12.2 Å². The zero-order chi connectivity index (χ0) is 11.0. The van der Waals surface area contributed by atoms with E-state index in [2.05, 4.69) is 16.9 Å². The van der Waals surface area contributed by atoms with Crippen molar-refractivity contribution in [3.05, 3.63) is 11.3 Å². The molecule has 1 aliphatic rings. The Morgan fingerprint density at radius 2 is 2.27 bits per heavy atom. The third kappa shape index (κ3) is 1.73. The molecule has 84 valence electrons. The average molecular weight is 228 g/mol. The minimum Gasteiger partial charge on any atom is -0.354 e. The molecule has 0 aromatic carbocycles. The molecule has 1 aliphatic heterocycles. The first-order valence-electron chi connectivity index (χ1n) is 5.50. The molecule has 0 saturated carbocycles. The Morgan fingerprint density at radius 1 is 1.53 bits per heavy atom. The van der Waals surface area contributed by atoms with Gasteiger partial charge in [-0.2, -0.15) is 5.10 Å². The topological polar surface area (TPSA) is 21.1 Å². The van der Waals surface area contributed by atoms with E-state index in [1.165, 1.54) is 24.2 Å². The van der Waals surface area contributed by atoms with Gasteiger partial charge in [-0.15, -0.1) is 11.6 Å². The summed E-state index contributed by atoms with van der Waals surface area (Å²) in [6, 6.07) is 0.613. The van der Waals surface area contributed by atoms with Crippen LogP contribution in [-0.4, -0.2) is 22.4 Å². The second-order valence-electron chi connectivity index (χ2n) is 4.33. The van der Waals surface area contributed by atoms with Gasteiger partial charge in [0.2, 0.25) is 0 Å². The van der Waals surface area contributed by atoms with Crippen molar-refractivity contribution in [2.75, 3.05) is 11.4 Å². The van der Waals surface area contributed by atoms with Crippen molar-refractivity contribution in [2.24, 2.45) is 7.05 Å². The summed E-state index contributed by atoms with van der Waals surface area (Å²) in [5, 5.41) is 4.45. The van der Waals surface area contributed by atoms with E-state index < -0.39 is 0 Å². The normalized spacial score (nSPS) is 21.3. The summed E-state index contributed by atoms with van der Waals surface area (Å²) >= 11 is 6.00. The number of aryl methyl sites for hydroxylation is 2. The Labute approximate surface area is 96.0 Å². The van der Waals surface area contributed by atoms with Gasteiger partial charge in [0.05, 0.1) is 11.6 Å². The summed E-state index contributed by atoms with van der Waals surface area (Å²) in [7, 11) is 2.00. The van der Waals surface area contributed by atoms with Crippen LogP contribution in [0.1, 0.15) is 31.0 Å². The molecular formula is C11H18ClN3. The predicted octanol–water partition coefficient (Wildman–Crippen LogP) is 2.46. The van der Waals surface area contributed by atoms with Crippen molar-refractivity contribution in [3.8, 4) is 0 Å². The fourth-order valence-electron chi connectivity index (χ4n) is 2.45. The van der Waals surface area contributed by atoms with E-state index in [9.17, 15) is 0 Å². The number of halogens is 1. The fraction of sp³-hybridized carbons (Fsp3) is 0.727. The van der Waals surface area contributed by atoms with Gasteiger partial charge in [-0.1, -0.05) is 0 Å². The van der Waals surface area contributed by atoms with Crippen LogP contribution in [0.2, 0.25) is 0 Å². The van der Waals surface area contributed by atoms with Gasteiger partial charge < -0.3 is 4.90 Å². The molecule has 4 heteroatoms. The van der Waals surface area contributed by atoms with Gasteiger partial charge in [0.15, 0.2) is 0 Å². The van der Waals surface area contributed by atoms with Gasteiger partial charge in [0.25, 0.3) is 0 Å². The fourth-order valence-corrected chi connectivity index (χ4v) is 2.77. The molecule has 0 spiro atoms. The maximum absolute atomic E-state index is 6.00. The molecule has 1 saturated heterocycles. The zero-order valence-electron chi connectivity index (χ0n) is 9.63. The third-order valence-electron chi connectivity index (χ3n) is 3.27. The zero-order valence-corrected chi connectivity index (χ0v) is 10.4. The Kier molecular flexibility index (Phi) is 2.91. The molecule has 2 heterocycles. The minimum absolute atomic E-state index is 0.554. The number of aromatic nitrogens is 2. The van der Waals surface area contributed by atoms with Gasteiger partial charge in [-0.05, 0) is 26.7 Å². The van der Waals surface area contributed by atoms with E-state index in [4.69, 9.17) is 11.6 Å². The van der Waals surface area contributed by atoms with Crippen LogP contribution in [0.5, 0.6) is 0 Å². The summed E-state index contributed by atoms with van der Waals surface area (Å²) < 4.78 is 1.97. The van der Waals surface area contributed by atoms with E-state index in [0.29, 0.717) is 11.9 Å². The van der Waals surface area contributed by atoms with Crippen molar-refractivity contribution >= 4 is 17.4 Å². The van der Waals surface area contributed by atoms with E-state index in [-0.39, 0.29) is 0 Å². The lowest BCUT2D eigenvalue weighted by atomic mass is 10.2. The lowest BCUT2D eigenvalue weighted by Crippen LogP contribution is -2.29. The maximum atomic E-state index is 6.00. The van der Waals surface area contributed by atoms with Crippen molar-refractivity contribution < 1.29 is 0 Å². The number of hydrogen-bond donors (Lipinski definition) is 0. The quantitative estimate of drug-likeness (QED) is 0.724. The number of rotatable bonds is 2. The van der Waals surface area contributed by atoms with Crippen LogP contribution in [-0.2, 0) is 12.9 Å². The Balaban J connectivity index is 2.41. The first kappa shape index (κ1) is 10.8.